The Kier molecular flexibility index (Phi) is 6.84. The smallest absolute Gasteiger partial charge is 0.243 e. The number of fused-ring (bicyclic) bond motifs is 1. The van der Waals surface area contributed by atoms with Crippen LogP contribution in [0.3, 0.4) is 0 Å². The minimum Gasteiger partial charge on any atom is -0.352 e. The van der Waals surface area contributed by atoms with Crippen LogP contribution in [0.25, 0.3) is 11.0 Å². The van der Waals surface area contributed by atoms with Gasteiger partial charge in [0.15, 0.2) is 0 Å². The highest BCUT2D eigenvalue weighted by Gasteiger charge is 2.22. The van der Waals surface area contributed by atoms with Crippen molar-refractivity contribution in [3.63, 3.8) is 0 Å². The van der Waals surface area contributed by atoms with E-state index in [9.17, 15) is 13.2 Å². The summed E-state index contributed by atoms with van der Waals surface area (Å²) in [7, 11) is -1.67. The van der Waals surface area contributed by atoms with Crippen LogP contribution in [0.15, 0.2) is 47.6 Å². The zero-order valence-corrected chi connectivity index (χ0v) is 18.3. The van der Waals surface area contributed by atoms with Crippen molar-refractivity contribution in [1.29, 1.82) is 0 Å². The van der Waals surface area contributed by atoms with Gasteiger partial charge >= 0.3 is 0 Å². The van der Waals surface area contributed by atoms with Gasteiger partial charge in [0, 0.05) is 51.9 Å². The number of rotatable bonds is 9. The first kappa shape index (κ1) is 21.9. The van der Waals surface area contributed by atoms with E-state index in [0.29, 0.717) is 38.0 Å². The molecule has 0 atom stereocenters. The Labute approximate surface area is 177 Å². The molecule has 1 aromatic carbocycles. The molecule has 0 radical (unpaired) electrons. The van der Waals surface area contributed by atoms with Crippen LogP contribution in [-0.2, 0) is 34.8 Å². The van der Waals surface area contributed by atoms with Crippen LogP contribution >= 0.6 is 0 Å². The molecule has 0 unspecified atom stereocenters. The minimum atomic E-state index is -3.54. The number of nitrogens with one attached hydrogen (secondary N) is 1. The van der Waals surface area contributed by atoms with Crippen LogP contribution in [0.4, 0.5) is 0 Å². The number of imidazole rings is 1. The molecule has 0 aliphatic carbocycles. The number of aromatic nitrogens is 3. The molecule has 2 heterocycles. The molecule has 0 saturated heterocycles. The van der Waals surface area contributed by atoms with E-state index < -0.39 is 10.0 Å². The molecule has 0 aliphatic rings. The maximum absolute atomic E-state index is 12.8. The molecule has 0 saturated carbocycles. The van der Waals surface area contributed by atoms with Crippen molar-refractivity contribution >= 4 is 27.0 Å². The molecule has 0 fully saturated rings. The second-order valence-electron chi connectivity index (χ2n) is 6.96. The Morgan fingerprint density at radius 2 is 1.97 bits per heavy atom. The molecule has 0 aliphatic heterocycles. The lowest BCUT2D eigenvalue weighted by Crippen LogP contribution is -2.30. The van der Waals surface area contributed by atoms with Gasteiger partial charge in [0.25, 0.3) is 0 Å². The fraction of sp³-hybridized carbons (Fsp3) is 0.381. The van der Waals surface area contributed by atoms with Crippen molar-refractivity contribution < 1.29 is 13.2 Å². The molecule has 8 nitrogen and oxygen atoms in total. The highest BCUT2D eigenvalue weighted by atomic mass is 32.2. The van der Waals surface area contributed by atoms with Crippen LogP contribution in [-0.4, -0.2) is 46.3 Å². The Morgan fingerprint density at radius 3 is 2.63 bits per heavy atom. The third-order valence-electron chi connectivity index (χ3n) is 5.08. The van der Waals surface area contributed by atoms with Gasteiger partial charge in [0.2, 0.25) is 15.9 Å². The molecule has 2 aromatic heterocycles. The van der Waals surface area contributed by atoms with Gasteiger partial charge < -0.3 is 9.88 Å². The van der Waals surface area contributed by atoms with E-state index in [2.05, 4.69) is 15.3 Å². The predicted octanol–water partition coefficient (Wildman–Crippen LogP) is 2.25. The quantitative estimate of drug-likeness (QED) is 0.563. The van der Waals surface area contributed by atoms with E-state index >= 15 is 0 Å². The number of pyridine rings is 1. The van der Waals surface area contributed by atoms with Gasteiger partial charge in [-0.2, -0.15) is 4.31 Å². The summed E-state index contributed by atoms with van der Waals surface area (Å²) in [5.41, 5.74) is 2.38. The zero-order chi connectivity index (χ0) is 21.7. The number of aryl methyl sites for hydroxylation is 2. The van der Waals surface area contributed by atoms with Crippen LogP contribution in [0.5, 0.6) is 0 Å². The summed E-state index contributed by atoms with van der Waals surface area (Å²) in [5, 5.41) is 2.88. The second-order valence-corrected chi connectivity index (χ2v) is 8.90. The summed E-state index contributed by atoms with van der Waals surface area (Å²) in [4.78, 5) is 21.0. The first-order chi connectivity index (χ1) is 14.4. The number of benzene rings is 1. The molecule has 3 aromatic rings. The van der Waals surface area contributed by atoms with Gasteiger partial charge in [-0.15, -0.1) is 0 Å². The predicted molar refractivity (Wildman–Crippen MR) is 115 cm³/mol. The standard InChI is InChI=1S/C21H27N5O3S/c1-4-26(5-2)30(28,29)17-8-9-19-18(13-17)24-20(25(19)3)10-11-21(27)23-15-16-7-6-12-22-14-16/h6-9,12-14H,4-5,10-11,15H2,1-3H3,(H,23,27). The van der Waals surface area contributed by atoms with Crippen LogP contribution in [0.2, 0.25) is 0 Å². The normalized spacial score (nSPS) is 11.9. The van der Waals surface area contributed by atoms with Crippen molar-refractivity contribution in [3.8, 4) is 0 Å². The minimum absolute atomic E-state index is 0.0734. The van der Waals surface area contributed by atoms with Gasteiger partial charge in [-0.1, -0.05) is 19.9 Å². The molecule has 30 heavy (non-hydrogen) atoms. The summed E-state index contributed by atoms with van der Waals surface area (Å²) >= 11 is 0. The molecule has 0 bridgehead atoms. The molecule has 160 valence electrons. The van der Waals surface area contributed by atoms with E-state index in [0.717, 1.165) is 16.9 Å². The molecular formula is C21H27N5O3S. The van der Waals surface area contributed by atoms with Crippen molar-refractivity contribution in [3.05, 3.63) is 54.1 Å². The largest absolute Gasteiger partial charge is 0.352 e. The van der Waals surface area contributed by atoms with E-state index in [4.69, 9.17) is 0 Å². The summed E-state index contributed by atoms with van der Waals surface area (Å²) in [6, 6.07) is 8.72. The summed E-state index contributed by atoms with van der Waals surface area (Å²) in [5.74, 6) is 0.662. The molecular weight excluding hydrogens is 402 g/mol. The maximum Gasteiger partial charge on any atom is 0.243 e. The average molecular weight is 430 g/mol. The van der Waals surface area contributed by atoms with Crippen LogP contribution in [0.1, 0.15) is 31.7 Å². The Hall–Kier alpha value is -2.78. The van der Waals surface area contributed by atoms with Crippen LogP contribution < -0.4 is 5.32 Å². The van der Waals surface area contributed by atoms with E-state index in [1.807, 2.05) is 37.6 Å². The fourth-order valence-corrected chi connectivity index (χ4v) is 4.82. The monoisotopic (exact) mass is 429 g/mol. The van der Waals surface area contributed by atoms with Gasteiger partial charge in [-0.05, 0) is 29.8 Å². The maximum atomic E-state index is 12.8. The average Bonchev–Trinajstić information content (AvgIpc) is 3.07. The highest BCUT2D eigenvalue weighted by molar-refractivity contribution is 7.89. The zero-order valence-electron chi connectivity index (χ0n) is 17.5. The lowest BCUT2D eigenvalue weighted by molar-refractivity contribution is -0.121. The summed E-state index contributed by atoms with van der Waals surface area (Å²) in [6.45, 7) is 4.90. The van der Waals surface area contributed by atoms with Crippen molar-refractivity contribution in [2.75, 3.05) is 13.1 Å². The van der Waals surface area contributed by atoms with Crippen LogP contribution in [0, 0.1) is 0 Å². The second kappa shape index (κ2) is 9.36. The third-order valence-corrected chi connectivity index (χ3v) is 7.12. The number of amides is 1. The van der Waals surface area contributed by atoms with Gasteiger partial charge in [-0.3, -0.25) is 9.78 Å². The van der Waals surface area contributed by atoms with Gasteiger partial charge in [-0.25, -0.2) is 13.4 Å². The molecule has 3 rings (SSSR count). The number of carbonyl (C=O) groups is 1. The molecule has 0 spiro atoms. The number of nitrogens with zero attached hydrogens (tertiary/aromatic N) is 4. The van der Waals surface area contributed by atoms with Gasteiger partial charge in [0.1, 0.15) is 5.82 Å². The lowest BCUT2D eigenvalue weighted by Gasteiger charge is -2.18. The number of hydrogen-bond donors (Lipinski definition) is 1. The van der Waals surface area contributed by atoms with Crippen molar-refractivity contribution in [1.82, 2.24) is 24.2 Å². The SMILES string of the molecule is CCN(CC)S(=O)(=O)c1ccc2c(c1)nc(CCC(=O)NCc1cccnc1)n2C. The van der Waals surface area contributed by atoms with Crippen molar-refractivity contribution in [2.45, 2.75) is 38.1 Å². The van der Waals surface area contributed by atoms with Crippen molar-refractivity contribution in [2.24, 2.45) is 7.05 Å². The summed E-state index contributed by atoms with van der Waals surface area (Å²) < 4.78 is 28.9. The molecule has 9 heteroatoms. The van der Waals surface area contributed by atoms with E-state index in [1.165, 1.54) is 4.31 Å². The summed E-state index contributed by atoms with van der Waals surface area (Å²) in [6.07, 6.45) is 4.16. The first-order valence-corrected chi connectivity index (χ1v) is 11.4. The Balaban J connectivity index is 1.71. The lowest BCUT2D eigenvalue weighted by atomic mass is 10.2. The van der Waals surface area contributed by atoms with E-state index in [1.54, 1.807) is 30.6 Å². The molecule has 1 amide bonds. The van der Waals surface area contributed by atoms with E-state index in [-0.39, 0.29) is 10.8 Å². The first-order valence-electron chi connectivity index (χ1n) is 9.98. The van der Waals surface area contributed by atoms with Gasteiger partial charge in [0.05, 0.1) is 15.9 Å². The number of sulfonamides is 1. The third kappa shape index (κ3) is 4.68. The highest BCUT2D eigenvalue weighted by Crippen LogP contribution is 2.22. The topological polar surface area (TPSA) is 97.2 Å². The molecule has 1 N–H and O–H groups in total. The fourth-order valence-electron chi connectivity index (χ4n) is 3.34. The number of hydrogen-bond acceptors (Lipinski definition) is 5. The Morgan fingerprint density at radius 1 is 1.20 bits per heavy atom. The Bertz CT molecular complexity index is 1120. The number of carbonyl (C=O) groups excluding carboxylic acids is 1.